The van der Waals surface area contributed by atoms with E-state index in [2.05, 4.69) is 12.2 Å². The second-order valence-electron chi connectivity index (χ2n) is 14.5. The number of likely N-dealkylation sites (tertiary alicyclic amines) is 2. The second kappa shape index (κ2) is 17.7. The standard InChI is InChI=1S/C38H54N2O10/c1-24-27-14-17-30(22-27)36(44)39(35(24)43)18-8-4-6-12-31(41)49-25(2)47-20-10-11-21-48-26(3)50-32(42)13-7-5-9-19-40-37(45)33-28-15-16-29(23-28)34(33)38(40)46/h14-17,24-30,33-34H,4-13,18-23H2,1-3H3. The van der Waals surface area contributed by atoms with Crippen LogP contribution < -0.4 is 0 Å². The van der Waals surface area contributed by atoms with Crippen LogP contribution >= 0.6 is 0 Å². The minimum absolute atomic E-state index is 0.0237. The van der Waals surface area contributed by atoms with Crippen molar-refractivity contribution in [2.45, 2.75) is 110 Å². The van der Waals surface area contributed by atoms with Gasteiger partial charge in [-0.05, 0) is 83.0 Å². The zero-order valence-electron chi connectivity index (χ0n) is 29.8. The Labute approximate surface area is 295 Å². The SMILES string of the molecule is CC(OCCCCOC(C)OC(=O)CCCCCN1C(=O)C2C3C=CC(C3)C2C1=O)OC(=O)CCCCCN1C(=O)C2C=CC(C2)C(C)C1=O. The molecule has 5 aliphatic rings. The molecule has 0 spiro atoms. The highest BCUT2D eigenvalue weighted by molar-refractivity contribution is 6.06. The summed E-state index contributed by atoms with van der Waals surface area (Å²) in [4.78, 5) is 78.2. The Morgan fingerprint density at radius 3 is 1.62 bits per heavy atom. The monoisotopic (exact) mass is 698 g/mol. The molecule has 50 heavy (non-hydrogen) atoms. The van der Waals surface area contributed by atoms with E-state index in [0.29, 0.717) is 71.2 Å². The van der Waals surface area contributed by atoms with E-state index in [0.717, 1.165) is 19.3 Å². The van der Waals surface area contributed by atoms with Gasteiger partial charge in [0.15, 0.2) is 12.6 Å². The second-order valence-corrected chi connectivity index (χ2v) is 14.5. The molecule has 0 radical (unpaired) electrons. The first kappa shape index (κ1) is 37.9. The smallest absolute Gasteiger partial charge is 0.308 e. The summed E-state index contributed by atoms with van der Waals surface area (Å²) in [6.45, 7) is 6.80. The van der Waals surface area contributed by atoms with Crippen LogP contribution in [0.5, 0.6) is 0 Å². The number of unbranched alkanes of at least 4 members (excludes halogenated alkanes) is 5. The third-order valence-corrected chi connectivity index (χ3v) is 10.9. The maximum atomic E-state index is 12.8. The molecule has 9 unspecified atom stereocenters. The van der Waals surface area contributed by atoms with Crippen LogP contribution in [0.3, 0.4) is 0 Å². The van der Waals surface area contributed by atoms with Crippen LogP contribution in [0.4, 0.5) is 0 Å². The number of rotatable bonds is 21. The lowest BCUT2D eigenvalue weighted by molar-refractivity contribution is -0.178. The van der Waals surface area contributed by atoms with Crippen LogP contribution in [-0.2, 0) is 47.7 Å². The number of nitrogens with zero attached hydrogens (tertiary/aromatic N) is 2. The summed E-state index contributed by atoms with van der Waals surface area (Å²) in [5, 5.41) is 0. The summed E-state index contributed by atoms with van der Waals surface area (Å²) in [6.07, 6.45) is 14.2. The largest absolute Gasteiger partial charge is 0.436 e. The van der Waals surface area contributed by atoms with Gasteiger partial charge in [-0.2, -0.15) is 0 Å². The van der Waals surface area contributed by atoms with Crippen molar-refractivity contribution in [1.82, 2.24) is 9.80 Å². The van der Waals surface area contributed by atoms with Gasteiger partial charge in [-0.15, -0.1) is 0 Å². The number of hydrogen-bond donors (Lipinski definition) is 0. The Kier molecular flexibility index (Phi) is 13.4. The normalized spacial score (nSPS) is 29.1. The van der Waals surface area contributed by atoms with E-state index in [1.54, 1.807) is 13.8 Å². The molecule has 0 aromatic rings. The number of allylic oxidation sites excluding steroid dienone is 3. The van der Waals surface area contributed by atoms with E-state index in [4.69, 9.17) is 18.9 Å². The van der Waals surface area contributed by atoms with Crippen molar-refractivity contribution in [1.29, 1.82) is 0 Å². The van der Waals surface area contributed by atoms with Crippen LogP contribution in [0.1, 0.15) is 97.8 Å². The number of amides is 4. The minimum Gasteiger partial charge on any atom is -0.436 e. The van der Waals surface area contributed by atoms with Gasteiger partial charge in [-0.25, -0.2) is 0 Å². The molecule has 4 amide bonds. The lowest BCUT2D eigenvalue weighted by Crippen LogP contribution is -2.42. The quantitative estimate of drug-likeness (QED) is 0.0544. The fourth-order valence-corrected chi connectivity index (χ4v) is 8.11. The highest BCUT2D eigenvalue weighted by Gasteiger charge is 2.58. The van der Waals surface area contributed by atoms with E-state index in [-0.39, 0.29) is 89.8 Å². The van der Waals surface area contributed by atoms with Gasteiger partial charge in [0.05, 0.1) is 31.0 Å². The van der Waals surface area contributed by atoms with E-state index in [9.17, 15) is 28.8 Å². The van der Waals surface area contributed by atoms with E-state index in [1.807, 2.05) is 19.1 Å². The molecule has 9 atom stereocenters. The van der Waals surface area contributed by atoms with Gasteiger partial charge < -0.3 is 18.9 Å². The third-order valence-electron chi connectivity index (χ3n) is 10.9. The van der Waals surface area contributed by atoms with Crippen molar-refractivity contribution < 1.29 is 47.7 Å². The summed E-state index contributed by atoms with van der Waals surface area (Å²) in [5.41, 5.74) is 0. The Morgan fingerprint density at radius 1 is 0.620 bits per heavy atom. The van der Waals surface area contributed by atoms with E-state index < -0.39 is 12.6 Å². The third kappa shape index (κ3) is 9.29. The highest BCUT2D eigenvalue weighted by atomic mass is 16.7. The predicted molar refractivity (Wildman–Crippen MR) is 180 cm³/mol. The number of carbonyl (C=O) groups excluding carboxylic acids is 6. The summed E-state index contributed by atoms with van der Waals surface area (Å²) in [6, 6.07) is 0. The Hall–Kier alpha value is -3.38. The molecule has 276 valence electrons. The van der Waals surface area contributed by atoms with Gasteiger partial charge in [0.2, 0.25) is 23.6 Å². The molecule has 0 aromatic carbocycles. The molecule has 0 N–H and O–H groups in total. The summed E-state index contributed by atoms with van der Waals surface area (Å²) < 4.78 is 21.8. The van der Waals surface area contributed by atoms with Crippen molar-refractivity contribution in [3.05, 3.63) is 24.3 Å². The molecule has 2 aliphatic heterocycles. The molecule has 1 saturated carbocycles. The van der Waals surface area contributed by atoms with Crippen LogP contribution in [0.25, 0.3) is 0 Å². The molecule has 2 heterocycles. The van der Waals surface area contributed by atoms with Gasteiger partial charge in [-0.1, -0.05) is 44.1 Å². The number of esters is 2. The van der Waals surface area contributed by atoms with Crippen molar-refractivity contribution in [3.8, 4) is 0 Å². The molecular formula is C38H54N2O10. The summed E-state index contributed by atoms with van der Waals surface area (Å²) in [5.74, 6) is -1.06. The minimum atomic E-state index is -0.677. The van der Waals surface area contributed by atoms with E-state index in [1.165, 1.54) is 9.80 Å². The molecule has 0 aromatic heterocycles. The first-order chi connectivity index (χ1) is 24.0. The fourth-order valence-electron chi connectivity index (χ4n) is 8.11. The molecular weight excluding hydrogens is 644 g/mol. The van der Waals surface area contributed by atoms with Crippen LogP contribution in [0.2, 0.25) is 0 Å². The number of carbonyl (C=O) groups is 6. The maximum Gasteiger partial charge on any atom is 0.308 e. The van der Waals surface area contributed by atoms with Gasteiger partial charge >= 0.3 is 11.9 Å². The molecule has 4 bridgehead atoms. The molecule has 12 nitrogen and oxygen atoms in total. The average molecular weight is 699 g/mol. The van der Waals surface area contributed by atoms with Crippen LogP contribution in [0.15, 0.2) is 24.3 Å². The highest BCUT2D eigenvalue weighted by Crippen LogP contribution is 2.52. The molecule has 3 aliphatic carbocycles. The molecule has 12 heteroatoms. The van der Waals surface area contributed by atoms with Crippen LogP contribution in [-0.4, -0.2) is 84.3 Å². The molecule has 5 rings (SSSR count). The van der Waals surface area contributed by atoms with Crippen molar-refractivity contribution in [2.75, 3.05) is 26.3 Å². The number of hydrogen-bond acceptors (Lipinski definition) is 10. The lowest BCUT2D eigenvalue weighted by atomic mass is 9.85. The lowest BCUT2D eigenvalue weighted by Gasteiger charge is -2.24. The van der Waals surface area contributed by atoms with Crippen molar-refractivity contribution in [2.24, 2.45) is 41.4 Å². The Balaban J connectivity index is 0.814. The Bertz CT molecular complexity index is 1300. The van der Waals surface area contributed by atoms with Crippen molar-refractivity contribution in [3.63, 3.8) is 0 Å². The first-order valence-electron chi connectivity index (χ1n) is 18.7. The predicted octanol–water partition coefficient (Wildman–Crippen LogP) is 4.70. The number of ether oxygens (including phenoxy) is 4. The molecule has 3 fully saturated rings. The average Bonchev–Trinajstić information content (AvgIpc) is 3.88. The summed E-state index contributed by atoms with van der Waals surface area (Å²) >= 11 is 0. The van der Waals surface area contributed by atoms with Gasteiger partial charge in [0.25, 0.3) is 0 Å². The zero-order valence-corrected chi connectivity index (χ0v) is 29.8. The molecule has 2 saturated heterocycles. The van der Waals surface area contributed by atoms with Crippen LogP contribution in [0, 0.1) is 41.4 Å². The van der Waals surface area contributed by atoms with E-state index >= 15 is 0 Å². The fraction of sp³-hybridized carbons (Fsp3) is 0.737. The van der Waals surface area contributed by atoms with Gasteiger partial charge in [0, 0.05) is 31.8 Å². The first-order valence-corrected chi connectivity index (χ1v) is 18.7. The van der Waals surface area contributed by atoms with Gasteiger partial charge in [0.1, 0.15) is 0 Å². The van der Waals surface area contributed by atoms with Gasteiger partial charge in [-0.3, -0.25) is 38.6 Å². The van der Waals surface area contributed by atoms with Crippen molar-refractivity contribution >= 4 is 35.6 Å². The summed E-state index contributed by atoms with van der Waals surface area (Å²) in [7, 11) is 0. The number of fused-ring (bicyclic) bond motifs is 7. The maximum absolute atomic E-state index is 12.8. The zero-order chi connectivity index (χ0) is 35.8. The number of imide groups is 2. The topological polar surface area (TPSA) is 146 Å². The Morgan fingerprint density at radius 2 is 1.10 bits per heavy atom.